The molecule has 1 amide bonds. The fourth-order valence-electron chi connectivity index (χ4n) is 2.81. The Morgan fingerprint density at radius 3 is 2.81 bits per heavy atom. The summed E-state index contributed by atoms with van der Waals surface area (Å²) in [6, 6.07) is -0.252. The number of carbonyl (C=O) groups is 1. The van der Waals surface area contributed by atoms with Crippen molar-refractivity contribution in [2.45, 2.75) is 18.7 Å². The Kier molecular flexibility index (Phi) is 3.50. The topological polar surface area (TPSA) is 84.7 Å². The lowest BCUT2D eigenvalue weighted by Gasteiger charge is -2.36. The molecule has 116 valence electrons. The Balaban J connectivity index is 1.82. The van der Waals surface area contributed by atoms with Crippen molar-refractivity contribution in [3.8, 4) is 0 Å². The van der Waals surface area contributed by atoms with Gasteiger partial charge < -0.3 is 14.2 Å². The van der Waals surface area contributed by atoms with Crippen molar-refractivity contribution in [1.82, 2.24) is 18.8 Å². The third-order valence-electron chi connectivity index (χ3n) is 4.05. The van der Waals surface area contributed by atoms with Crippen molar-refractivity contribution in [3.63, 3.8) is 0 Å². The number of sulfonamides is 1. The molecule has 1 aromatic rings. The van der Waals surface area contributed by atoms with Crippen LogP contribution in [0.3, 0.4) is 0 Å². The first-order chi connectivity index (χ1) is 9.86. The van der Waals surface area contributed by atoms with Crippen LogP contribution >= 0.6 is 0 Å². The van der Waals surface area contributed by atoms with Gasteiger partial charge in [0.25, 0.3) is 0 Å². The van der Waals surface area contributed by atoms with Gasteiger partial charge in [0.05, 0.1) is 24.9 Å². The van der Waals surface area contributed by atoms with Crippen LogP contribution in [0.5, 0.6) is 0 Å². The molecule has 2 saturated heterocycles. The van der Waals surface area contributed by atoms with Crippen LogP contribution in [0.15, 0.2) is 12.4 Å². The molecular formula is C12H18N4O4S. The second-order valence-electron chi connectivity index (χ2n) is 5.47. The molecule has 3 heterocycles. The maximum absolute atomic E-state index is 12.1. The summed E-state index contributed by atoms with van der Waals surface area (Å²) in [5.41, 5.74) is 0. The number of imidazole rings is 1. The molecule has 2 fully saturated rings. The molecule has 0 aliphatic carbocycles. The van der Waals surface area contributed by atoms with Gasteiger partial charge in [-0.15, -0.1) is 0 Å². The van der Waals surface area contributed by atoms with E-state index in [4.69, 9.17) is 4.74 Å². The first-order valence-electron chi connectivity index (χ1n) is 6.68. The zero-order valence-electron chi connectivity index (χ0n) is 12.0. The number of morpholine rings is 1. The number of nitrogens with zero attached hydrogens (tertiary/aromatic N) is 4. The number of hydrogen-bond acceptors (Lipinski definition) is 5. The molecule has 21 heavy (non-hydrogen) atoms. The minimum absolute atomic E-state index is 0.0107. The molecule has 0 spiro atoms. The van der Waals surface area contributed by atoms with Crippen LogP contribution in [0.4, 0.5) is 0 Å². The van der Waals surface area contributed by atoms with Gasteiger partial charge in [-0.25, -0.2) is 13.4 Å². The summed E-state index contributed by atoms with van der Waals surface area (Å²) in [7, 11) is -1.41. The van der Waals surface area contributed by atoms with Crippen LogP contribution in [0.25, 0.3) is 0 Å². The van der Waals surface area contributed by atoms with E-state index in [2.05, 4.69) is 4.98 Å². The largest absolute Gasteiger partial charge is 0.365 e. The number of ether oxygens (including phenoxy) is 1. The van der Waals surface area contributed by atoms with Crippen molar-refractivity contribution < 1.29 is 17.9 Å². The first-order valence-corrected chi connectivity index (χ1v) is 8.53. The van der Waals surface area contributed by atoms with Crippen LogP contribution in [-0.4, -0.2) is 71.2 Å². The van der Waals surface area contributed by atoms with E-state index in [0.717, 1.165) is 5.82 Å². The molecule has 8 nitrogen and oxygen atoms in total. The minimum atomic E-state index is -3.28. The molecule has 0 N–H and O–H groups in total. The van der Waals surface area contributed by atoms with Gasteiger partial charge in [-0.05, 0) is 0 Å². The van der Waals surface area contributed by atoms with Crippen LogP contribution in [0.1, 0.15) is 5.82 Å². The molecule has 0 aromatic carbocycles. The summed E-state index contributed by atoms with van der Waals surface area (Å²) < 4.78 is 32.1. The van der Waals surface area contributed by atoms with E-state index in [-0.39, 0.29) is 31.2 Å². The SMILES string of the molecule is Cn1ccnc1CN1C(=O)COC2CN(S(C)(=O)=O)CC21. The van der Waals surface area contributed by atoms with Gasteiger partial charge in [0, 0.05) is 32.5 Å². The standard InChI is InChI=1S/C12H18N4O4S/c1-14-4-3-13-11(14)7-16-9-5-15(21(2,18)19)6-10(9)20-8-12(16)17/h3-4,9-10H,5-8H2,1-2H3. The van der Waals surface area contributed by atoms with E-state index in [0.29, 0.717) is 13.1 Å². The summed E-state index contributed by atoms with van der Waals surface area (Å²) in [5.74, 6) is 0.636. The number of hydrogen-bond donors (Lipinski definition) is 0. The number of rotatable bonds is 3. The van der Waals surface area contributed by atoms with E-state index >= 15 is 0 Å². The second kappa shape index (κ2) is 5.08. The Labute approximate surface area is 123 Å². The van der Waals surface area contributed by atoms with E-state index < -0.39 is 10.0 Å². The average molecular weight is 314 g/mol. The smallest absolute Gasteiger partial charge is 0.249 e. The number of amides is 1. The third kappa shape index (κ3) is 2.68. The molecule has 0 radical (unpaired) electrons. The van der Waals surface area contributed by atoms with Crippen LogP contribution in [-0.2, 0) is 33.1 Å². The van der Waals surface area contributed by atoms with Crippen LogP contribution in [0.2, 0.25) is 0 Å². The van der Waals surface area contributed by atoms with Gasteiger partial charge in [0.1, 0.15) is 12.4 Å². The molecule has 2 atom stereocenters. The van der Waals surface area contributed by atoms with Crippen molar-refractivity contribution >= 4 is 15.9 Å². The predicted octanol–water partition coefficient (Wildman–Crippen LogP) is -1.21. The summed E-state index contributed by atoms with van der Waals surface area (Å²) in [6.45, 7) is 0.932. The van der Waals surface area contributed by atoms with Gasteiger partial charge in [0.15, 0.2) is 0 Å². The fraction of sp³-hybridized carbons (Fsp3) is 0.667. The lowest BCUT2D eigenvalue weighted by atomic mass is 10.1. The third-order valence-corrected chi connectivity index (χ3v) is 5.28. The van der Waals surface area contributed by atoms with E-state index in [1.165, 1.54) is 10.6 Å². The van der Waals surface area contributed by atoms with E-state index in [1.807, 2.05) is 17.8 Å². The van der Waals surface area contributed by atoms with Gasteiger partial charge in [-0.1, -0.05) is 0 Å². The predicted molar refractivity (Wildman–Crippen MR) is 73.7 cm³/mol. The summed E-state index contributed by atoms with van der Waals surface area (Å²) in [4.78, 5) is 18.0. The summed E-state index contributed by atoms with van der Waals surface area (Å²) >= 11 is 0. The van der Waals surface area contributed by atoms with E-state index in [9.17, 15) is 13.2 Å². The average Bonchev–Trinajstić information content (AvgIpc) is 2.99. The maximum atomic E-state index is 12.1. The zero-order valence-corrected chi connectivity index (χ0v) is 12.8. The monoisotopic (exact) mass is 314 g/mol. The molecule has 2 unspecified atom stereocenters. The Hall–Kier alpha value is -1.45. The molecule has 2 aliphatic rings. The molecule has 9 heteroatoms. The van der Waals surface area contributed by atoms with Crippen molar-refractivity contribution in [2.24, 2.45) is 7.05 Å². The maximum Gasteiger partial charge on any atom is 0.249 e. The number of fused-ring (bicyclic) bond motifs is 1. The highest BCUT2D eigenvalue weighted by atomic mass is 32.2. The molecular weight excluding hydrogens is 296 g/mol. The van der Waals surface area contributed by atoms with Crippen LogP contribution in [0, 0.1) is 0 Å². The number of aromatic nitrogens is 2. The van der Waals surface area contributed by atoms with Crippen molar-refractivity contribution in [3.05, 3.63) is 18.2 Å². The van der Waals surface area contributed by atoms with Crippen molar-refractivity contribution in [1.29, 1.82) is 0 Å². The van der Waals surface area contributed by atoms with Gasteiger partial charge in [0.2, 0.25) is 15.9 Å². The minimum Gasteiger partial charge on any atom is -0.365 e. The second-order valence-corrected chi connectivity index (χ2v) is 7.46. The molecule has 1 aromatic heterocycles. The zero-order chi connectivity index (χ0) is 15.2. The molecule has 3 rings (SSSR count). The highest BCUT2D eigenvalue weighted by Gasteiger charge is 2.45. The molecule has 2 aliphatic heterocycles. The normalized spacial score (nSPS) is 27.1. The van der Waals surface area contributed by atoms with Crippen LogP contribution < -0.4 is 0 Å². The Morgan fingerprint density at radius 1 is 1.43 bits per heavy atom. The molecule has 0 saturated carbocycles. The fourth-order valence-corrected chi connectivity index (χ4v) is 3.65. The Bertz CT molecular complexity index is 656. The number of aryl methyl sites for hydroxylation is 1. The lowest BCUT2D eigenvalue weighted by Crippen LogP contribution is -2.53. The first kappa shape index (κ1) is 14.5. The lowest BCUT2D eigenvalue weighted by molar-refractivity contribution is -0.154. The van der Waals surface area contributed by atoms with Crippen molar-refractivity contribution in [2.75, 3.05) is 26.0 Å². The van der Waals surface area contributed by atoms with Gasteiger partial charge in [-0.2, -0.15) is 4.31 Å². The molecule has 0 bridgehead atoms. The van der Waals surface area contributed by atoms with Gasteiger partial charge in [-0.3, -0.25) is 4.79 Å². The highest BCUT2D eigenvalue weighted by Crippen LogP contribution is 2.26. The van der Waals surface area contributed by atoms with E-state index in [1.54, 1.807) is 11.1 Å². The highest BCUT2D eigenvalue weighted by molar-refractivity contribution is 7.88. The quantitative estimate of drug-likeness (QED) is 0.699. The number of carbonyl (C=O) groups excluding carboxylic acids is 1. The Morgan fingerprint density at radius 2 is 2.19 bits per heavy atom. The summed E-state index contributed by atoms with van der Waals surface area (Å²) in [6.07, 6.45) is 4.40. The summed E-state index contributed by atoms with van der Waals surface area (Å²) in [5, 5.41) is 0. The van der Waals surface area contributed by atoms with Gasteiger partial charge >= 0.3 is 0 Å².